The number of benzene rings is 1. The van der Waals surface area contributed by atoms with Gasteiger partial charge in [0, 0.05) is 12.5 Å². The predicted octanol–water partition coefficient (Wildman–Crippen LogP) is 1.92. The van der Waals surface area contributed by atoms with E-state index >= 15 is 0 Å². The highest BCUT2D eigenvalue weighted by atomic mass is 16.1. The van der Waals surface area contributed by atoms with Gasteiger partial charge in [-0.05, 0) is 37.6 Å². The molecule has 0 fully saturated rings. The Morgan fingerprint density at radius 1 is 1.39 bits per heavy atom. The second kappa shape index (κ2) is 5.56. The molecule has 0 aliphatic rings. The number of aromatic amines is 2. The van der Waals surface area contributed by atoms with Crippen molar-refractivity contribution in [2.24, 2.45) is 0 Å². The molecule has 2 rings (SSSR count). The first-order chi connectivity index (χ1) is 8.70. The summed E-state index contributed by atoms with van der Waals surface area (Å²) in [7, 11) is 0. The zero-order valence-electron chi connectivity index (χ0n) is 10.4. The monoisotopic (exact) mass is 243 g/mol. The SMILES string of the molecule is C#CCCCNC(C)c1ccc2[nH]c(=O)[nH]c2c1. The Morgan fingerprint density at radius 3 is 2.94 bits per heavy atom. The van der Waals surface area contributed by atoms with Crippen LogP contribution in [0, 0.1) is 12.3 Å². The van der Waals surface area contributed by atoms with Crippen LogP contribution in [0.15, 0.2) is 23.0 Å². The molecule has 94 valence electrons. The maximum absolute atomic E-state index is 11.2. The van der Waals surface area contributed by atoms with E-state index in [2.05, 4.69) is 28.1 Å². The lowest BCUT2D eigenvalue weighted by Gasteiger charge is -2.13. The molecule has 1 heterocycles. The van der Waals surface area contributed by atoms with E-state index in [0.717, 1.165) is 36.0 Å². The van der Waals surface area contributed by atoms with Gasteiger partial charge in [0.05, 0.1) is 11.0 Å². The van der Waals surface area contributed by atoms with Crippen molar-refractivity contribution in [3.63, 3.8) is 0 Å². The molecule has 4 heteroatoms. The number of imidazole rings is 1. The van der Waals surface area contributed by atoms with Gasteiger partial charge >= 0.3 is 5.69 Å². The molecule has 1 aromatic heterocycles. The fourth-order valence-electron chi connectivity index (χ4n) is 1.95. The van der Waals surface area contributed by atoms with E-state index in [4.69, 9.17) is 6.42 Å². The van der Waals surface area contributed by atoms with Gasteiger partial charge < -0.3 is 15.3 Å². The number of hydrogen-bond acceptors (Lipinski definition) is 2. The quantitative estimate of drug-likeness (QED) is 0.555. The molecule has 1 aromatic carbocycles. The Balaban J connectivity index is 2.06. The van der Waals surface area contributed by atoms with Gasteiger partial charge in [-0.15, -0.1) is 12.3 Å². The molecule has 1 unspecified atom stereocenters. The van der Waals surface area contributed by atoms with Gasteiger partial charge in [-0.1, -0.05) is 6.07 Å². The van der Waals surface area contributed by atoms with Crippen LogP contribution in [0.4, 0.5) is 0 Å². The molecule has 1 atom stereocenters. The average Bonchev–Trinajstić information content (AvgIpc) is 2.73. The lowest BCUT2D eigenvalue weighted by atomic mass is 10.1. The molecule has 0 amide bonds. The minimum atomic E-state index is -0.170. The van der Waals surface area contributed by atoms with Crippen molar-refractivity contribution in [3.05, 3.63) is 34.2 Å². The Morgan fingerprint density at radius 2 is 2.17 bits per heavy atom. The van der Waals surface area contributed by atoms with Crippen LogP contribution in [-0.4, -0.2) is 16.5 Å². The molecule has 0 aliphatic carbocycles. The summed E-state index contributed by atoms with van der Waals surface area (Å²) in [5.74, 6) is 2.62. The average molecular weight is 243 g/mol. The van der Waals surface area contributed by atoms with E-state index in [-0.39, 0.29) is 11.7 Å². The molecule has 4 nitrogen and oxygen atoms in total. The molecular formula is C14H17N3O. The first-order valence-electron chi connectivity index (χ1n) is 6.09. The third kappa shape index (κ3) is 2.82. The van der Waals surface area contributed by atoms with Crippen molar-refractivity contribution >= 4 is 11.0 Å². The van der Waals surface area contributed by atoms with Crippen molar-refractivity contribution in [2.75, 3.05) is 6.54 Å². The fraction of sp³-hybridized carbons (Fsp3) is 0.357. The summed E-state index contributed by atoms with van der Waals surface area (Å²) in [4.78, 5) is 16.7. The molecular weight excluding hydrogens is 226 g/mol. The number of nitrogens with one attached hydrogen (secondary N) is 3. The van der Waals surface area contributed by atoms with Crippen LogP contribution in [0.5, 0.6) is 0 Å². The lowest BCUT2D eigenvalue weighted by molar-refractivity contribution is 0.563. The molecule has 0 spiro atoms. The van der Waals surface area contributed by atoms with E-state index in [1.54, 1.807) is 0 Å². The molecule has 18 heavy (non-hydrogen) atoms. The number of rotatable bonds is 5. The van der Waals surface area contributed by atoms with Crippen LogP contribution in [0.1, 0.15) is 31.4 Å². The number of H-pyrrole nitrogens is 2. The zero-order chi connectivity index (χ0) is 13.0. The summed E-state index contributed by atoms with van der Waals surface area (Å²) in [6.45, 7) is 2.99. The number of unbranched alkanes of at least 4 members (excludes halogenated alkanes) is 1. The Kier molecular flexibility index (Phi) is 3.85. The van der Waals surface area contributed by atoms with Crippen LogP contribution in [-0.2, 0) is 0 Å². The number of aromatic nitrogens is 2. The second-order valence-corrected chi connectivity index (χ2v) is 4.37. The number of fused-ring (bicyclic) bond motifs is 1. The highest BCUT2D eigenvalue weighted by Crippen LogP contribution is 2.16. The van der Waals surface area contributed by atoms with E-state index in [0.29, 0.717) is 0 Å². The molecule has 0 saturated carbocycles. The maximum atomic E-state index is 11.2. The molecule has 2 aromatic rings. The van der Waals surface area contributed by atoms with Gasteiger partial charge in [0.1, 0.15) is 0 Å². The second-order valence-electron chi connectivity index (χ2n) is 4.37. The van der Waals surface area contributed by atoms with Crippen LogP contribution < -0.4 is 11.0 Å². The van der Waals surface area contributed by atoms with Crippen molar-refractivity contribution < 1.29 is 0 Å². The first kappa shape index (κ1) is 12.5. The molecule has 3 N–H and O–H groups in total. The summed E-state index contributed by atoms with van der Waals surface area (Å²) in [6, 6.07) is 6.17. The van der Waals surface area contributed by atoms with Crippen LogP contribution >= 0.6 is 0 Å². The van der Waals surface area contributed by atoms with Crippen LogP contribution in [0.3, 0.4) is 0 Å². The molecule has 0 saturated heterocycles. The Bertz CT molecular complexity index is 618. The van der Waals surface area contributed by atoms with Crippen molar-refractivity contribution in [1.29, 1.82) is 0 Å². The van der Waals surface area contributed by atoms with Gasteiger partial charge in [0.2, 0.25) is 0 Å². The standard InChI is InChI=1S/C14H17N3O/c1-3-4-5-8-15-10(2)11-6-7-12-13(9-11)17-14(18)16-12/h1,6-7,9-10,15H,4-5,8H2,2H3,(H2,16,17,18). The summed E-state index contributed by atoms with van der Waals surface area (Å²) in [5, 5.41) is 3.41. The topological polar surface area (TPSA) is 60.7 Å². The highest BCUT2D eigenvalue weighted by Gasteiger charge is 2.06. The van der Waals surface area contributed by atoms with E-state index in [1.807, 2.05) is 18.2 Å². The maximum Gasteiger partial charge on any atom is 0.323 e. The smallest absolute Gasteiger partial charge is 0.310 e. The predicted molar refractivity (Wildman–Crippen MR) is 73.4 cm³/mol. The lowest BCUT2D eigenvalue weighted by Crippen LogP contribution is -2.19. The van der Waals surface area contributed by atoms with Gasteiger partial charge in [-0.25, -0.2) is 4.79 Å². The van der Waals surface area contributed by atoms with E-state index in [9.17, 15) is 4.79 Å². The van der Waals surface area contributed by atoms with Crippen LogP contribution in [0.25, 0.3) is 11.0 Å². The minimum absolute atomic E-state index is 0.170. The van der Waals surface area contributed by atoms with Gasteiger partial charge in [0.15, 0.2) is 0 Å². The number of terminal acetylenes is 1. The summed E-state index contributed by atoms with van der Waals surface area (Å²) in [6.07, 6.45) is 6.98. The minimum Gasteiger partial charge on any atom is -0.310 e. The third-order valence-electron chi connectivity index (χ3n) is 2.99. The zero-order valence-corrected chi connectivity index (χ0v) is 10.4. The molecule has 0 bridgehead atoms. The Hall–Kier alpha value is -1.99. The van der Waals surface area contributed by atoms with Gasteiger partial charge in [-0.3, -0.25) is 0 Å². The van der Waals surface area contributed by atoms with Crippen molar-refractivity contribution in [3.8, 4) is 12.3 Å². The summed E-state index contributed by atoms with van der Waals surface area (Å²) in [5.41, 5.74) is 2.66. The molecule has 0 radical (unpaired) electrons. The van der Waals surface area contributed by atoms with Crippen molar-refractivity contribution in [1.82, 2.24) is 15.3 Å². The summed E-state index contributed by atoms with van der Waals surface area (Å²) >= 11 is 0. The summed E-state index contributed by atoms with van der Waals surface area (Å²) < 4.78 is 0. The fourth-order valence-corrected chi connectivity index (χ4v) is 1.95. The normalized spacial score (nSPS) is 12.4. The van der Waals surface area contributed by atoms with E-state index < -0.39 is 0 Å². The van der Waals surface area contributed by atoms with Gasteiger partial charge in [-0.2, -0.15) is 0 Å². The highest BCUT2D eigenvalue weighted by molar-refractivity contribution is 5.75. The van der Waals surface area contributed by atoms with Crippen molar-refractivity contribution in [2.45, 2.75) is 25.8 Å². The third-order valence-corrected chi connectivity index (χ3v) is 2.99. The molecule has 0 aliphatic heterocycles. The van der Waals surface area contributed by atoms with Crippen LogP contribution in [0.2, 0.25) is 0 Å². The van der Waals surface area contributed by atoms with Gasteiger partial charge in [0.25, 0.3) is 0 Å². The first-order valence-corrected chi connectivity index (χ1v) is 6.09. The largest absolute Gasteiger partial charge is 0.323 e. The number of hydrogen-bond donors (Lipinski definition) is 3. The van der Waals surface area contributed by atoms with E-state index in [1.165, 1.54) is 0 Å². The Labute approximate surface area is 106 Å².